The molecule has 2 heterocycles. The number of H-pyrrole nitrogens is 1. The van der Waals surface area contributed by atoms with E-state index in [9.17, 15) is 9.59 Å². The second-order valence-electron chi connectivity index (χ2n) is 4.64. The van der Waals surface area contributed by atoms with E-state index in [0.29, 0.717) is 10.9 Å². The highest BCUT2D eigenvalue weighted by Gasteiger charge is 2.18. The van der Waals surface area contributed by atoms with Crippen LogP contribution in [0, 0.1) is 0 Å². The van der Waals surface area contributed by atoms with Crippen LogP contribution >= 0.6 is 39.5 Å². The van der Waals surface area contributed by atoms with E-state index in [2.05, 4.69) is 31.2 Å². The van der Waals surface area contributed by atoms with Crippen molar-refractivity contribution in [2.75, 3.05) is 11.1 Å². The van der Waals surface area contributed by atoms with Crippen LogP contribution in [0.4, 0.5) is 5.69 Å². The minimum Gasteiger partial charge on any atom is -0.325 e. The van der Waals surface area contributed by atoms with Gasteiger partial charge in [-0.1, -0.05) is 33.8 Å². The maximum absolute atomic E-state index is 11.9. The number of rotatable bonds is 4. The van der Waals surface area contributed by atoms with Crippen LogP contribution in [-0.4, -0.2) is 21.6 Å². The largest absolute Gasteiger partial charge is 0.325 e. The molecule has 2 N–H and O–H groups in total. The van der Waals surface area contributed by atoms with Crippen LogP contribution in [0.25, 0.3) is 0 Å². The molecule has 1 aliphatic heterocycles. The van der Waals surface area contributed by atoms with Crippen LogP contribution in [0.1, 0.15) is 11.3 Å². The number of nitrogens with one attached hydrogen (secondary N) is 2. The lowest BCUT2D eigenvalue weighted by Gasteiger charge is -2.06. The fraction of sp³-hybridized carbons (Fsp3) is 0.214. The molecule has 2 aromatic rings. The number of nitrogens with zero attached hydrogens (tertiary/aromatic N) is 1. The predicted octanol–water partition coefficient (Wildman–Crippen LogP) is 3.01. The number of fused-ring (bicyclic) bond motifs is 1. The van der Waals surface area contributed by atoms with E-state index >= 15 is 0 Å². The number of amides is 1. The molecule has 5 nitrogen and oxygen atoms in total. The molecule has 114 valence electrons. The summed E-state index contributed by atoms with van der Waals surface area (Å²) in [5.41, 5.74) is 2.23. The quantitative estimate of drug-likeness (QED) is 0.612. The van der Waals surface area contributed by atoms with Gasteiger partial charge in [0, 0.05) is 27.2 Å². The predicted molar refractivity (Wildman–Crippen MR) is 93.4 cm³/mol. The highest BCUT2D eigenvalue weighted by atomic mass is 79.9. The van der Waals surface area contributed by atoms with Gasteiger partial charge in [0.2, 0.25) is 5.91 Å². The summed E-state index contributed by atoms with van der Waals surface area (Å²) in [4.78, 5) is 31.0. The smallest absolute Gasteiger partial charge is 0.255 e. The van der Waals surface area contributed by atoms with Gasteiger partial charge in [0.25, 0.3) is 5.56 Å². The molecule has 0 aliphatic carbocycles. The monoisotopic (exact) mass is 397 g/mol. The van der Waals surface area contributed by atoms with E-state index in [-0.39, 0.29) is 17.2 Å². The molecule has 0 atom stereocenters. The highest BCUT2D eigenvalue weighted by molar-refractivity contribution is 9.10. The number of carbonyl (C=O) groups excluding carboxylic acids is 1. The van der Waals surface area contributed by atoms with Crippen molar-refractivity contribution in [3.05, 3.63) is 50.3 Å². The van der Waals surface area contributed by atoms with Gasteiger partial charge in [-0.2, -0.15) is 11.8 Å². The molecule has 0 saturated heterocycles. The molecule has 8 heteroatoms. The van der Waals surface area contributed by atoms with Gasteiger partial charge >= 0.3 is 0 Å². The second kappa shape index (κ2) is 6.89. The van der Waals surface area contributed by atoms with E-state index < -0.39 is 0 Å². The number of benzene rings is 1. The molecule has 1 aromatic heterocycles. The van der Waals surface area contributed by atoms with E-state index in [1.54, 1.807) is 11.8 Å². The Morgan fingerprint density at radius 2 is 2.32 bits per heavy atom. The Kier molecular flexibility index (Phi) is 4.90. The van der Waals surface area contributed by atoms with Crippen molar-refractivity contribution < 1.29 is 4.79 Å². The van der Waals surface area contributed by atoms with Gasteiger partial charge in [-0.3, -0.25) is 9.59 Å². The summed E-state index contributed by atoms with van der Waals surface area (Å²) in [5, 5.41) is 3.30. The van der Waals surface area contributed by atoms with Crippen LogP contribution in [0.3, 0.4) is 0 Å². The third kappa shape index (κ3) is 3.74. The van der Waals surface area contributed by atoms with E-state index in [1.165, 1.54) is 11.8 Å². The molecule has 0 fully saturated rings. The summed E-state index contributed by atoms with van der Waals surface area (Å²) >= 11 is 6.27. The van der Waals surface area contributed by atoms with Gasteiger partial charge in [-0.15, -0.1) is 0 Å². The van der Waals surface area contributed by atoms with Crippen molar-refractivity contribution >= 4 is 51.0 Å². The lowest BCUT2D eigenvalue weighted by Crippen LogP contribution is -2.17. The van der Waals surface area contributed by atoms with E-state index in [4.69, 9.17) is 0 Å². The molecule has 1 amide bonds. The van der Waals surface area contributed by atoms with Crippen LogP contribution in [0.2, 0.25) is 0 Å². The average Bonchev–Trinajstić information content (AvgIpc) is 2.94. The third-order valence-electron chi connectivity index (χ3n) is 3.01. The maximum atomic E-state index is 11.9. The Morgan fingerprint density at radius 3 is 3.14 bits per heavy atom. The number of hydrogen-bond donors (Lipinski definition) is 2. The van der Waals surface area contributed by atoms with Crippen molar-refractivity contribution in [1.29, 1.82) is 0 Å². The summed E-state index contributed by atoms with van der Waals surface area (Å²) in [6.07, 6.45) is 0. The van der Waals surface area contributed by atoms with Crippen molar-refractivity contribution in [3.63, 3.8) is 0 Å². The Morgan fingerprint density at radius 1 is 1.45 bits per heavy atom. The van der Waals surface area contributed by atoms with Gasteiger partial charge in [-0.05, 0) is 18.2 Å². The average molecular weight is 398 g/mol. The minimum absolute atomic E-state index is 0.0927. The standard InChI is InChI=1S/C14H12BrN3O2S2/c15-8-2-1-3-9(4-8)16-12(19)7-22-14-17-11-6-21-5-10(11)13(20)18-14/h1-4H,5-7H2,(H,16,19)(H,17,18,20). The van der Waals surface area contributed by atoms with Crippen molar-refractivity contribution in [2.24, 2.45) is 0 Å². The first-order chi connectivity index (χ1) is 10.6. The zero-order valence-electron chi connectivity index (χ0n) is 11.4. The number of anilines is 1. The molecular weight excluding hydrogens is 386 g/mol. The lowest BCUT2D eigenvalue weighted by atomic mass is 10.3. The Labute approximate surface area is 143 Å². The molecule has 0 saturated carbocycles. The molecule has 0 bridgehead atoms. The summed E-state index contributed by atoms with van der Waals surface area (Å²) < 4.78 is 0.903. The van der Waals surface area contributed by atoms with Gasteiger partial charge in [0.1, 0.15) is 0 Å². The minimum atomic E-state index is -0.138. The van der Waals surface area contributed by atoms with Crippen molar-refractivity contribution in [2.45, 2.75) is 16.7 Å². The number of halogens is 1. The Balaban J connectivity index is 1.62. The molecule has 3 rings (SSSR count). The van der Waals surface area contributed by atoms with Crippen molar-refractivity contribution in [3.8, 4) is 0 Å². The summed E-state index contributed by atoms with van der Waals surface area (Å²) in [7, 11) is 0. The van der Waals surface area contributed by atoms with Gasteiger partial charge in [0.15, 0.2) is 5.16 Å². The molecule has 1 aromatic carbocycles. The SMILES string of the molecule is O=C(CSc1nc2c(c(=O)[nH]1)CSC2)Nc1cccc(Br)c1. The van der Waals surface area contributed by atoms with Crippen LogP contribution < -0.4 is 10.9 Å². The Hall–Kier alpha value is -1.25. The van der Waals surface area contributed by atoms with Crippen LogP contribution in [-0.2, 0) is 16.3 Å². The molecule has 1 aliphatic rings. The van der Waals surface area contributed by atoms with E-state index in [0.717, 1.165) is 27.2 Å². The first-order valence-electron chi connectivity index (χ1n) is 6.50. The topological polar surface area (TPSA) is 74.8 Å². The summed E-state index contributed by atoms with van der Waals surface area (Å²) in [6.45, 7) is 0. The summed E-state index contributed by atoms with van der Waals surface area (Å²) in [5.74, 6) is 1.53. The van der Waals surface area contributed by atoms with Crippen LogP contribution in [0.15, 0.2) is 38.7 Å². The van der Waals surface area contributed by atoms with Crippen molar-refractivity contribution in [1.82, 2.24) is 9.97 Å². The Bertz CT molecular complexity index is 779. The first kappa shape index (κ1) is 15.6. The second-order valence-corrected chi connectivity index (χ2v) is 7.50. The van der Waals surface area contributed by atoms with Crippen LogP contribution in [0.5, 0.6) is 0 Å². The molecule has 22 heavy (non-hydrogen) atoms. The number of hydrogen-bond acceptors (Lipinski definition) is 5. The number of carbonyl (C=O) groups is 1. The molecule has 0 unspecified atom stereocenters. The number of aromatic amines is 1. The number of aromatic nitrogens is 2. The lowest BCUT2D eigenvalue weighted by molar-refractivity contribution is -0.113. The molecule has 0 spiro atoms. The van der Waals surface area contributed by atoms with E-state index in [1.807, 2.05) is 24.3 Å². The zero-order valence-corrected chi connectivity index (χ0v) is 14.6. The first-order valence-corrected chi connectivity index (χ1v) is 9.43. The van der Waals surface area contributed by atoms with Gasteiger partial charge in [-0.25, -0.2) is 4.98 Å². The fourth-order valence-electron chi connectivity index (χ4n) is 2.01. The number of thioether (sulfide) groups is 2. The summed E-state index contributed by atoms with van der Waals surface area (Å²) in [6, 6.07) is 7.39. The zero-order chi connectivity index (χ0) is 15.5. The fourth-order valence-corrected chi connectivity index (χ4v) is 4.12. The maximum Gasteiger partial charge on any atom is 0.255 e. The molecule has 0 radical (unpaired) electrons. The highest BCUT2D eigenvalue weighted by Crippen LogP contribution is 2.26. The van der Waals surface area contributed by atoms with Gasteiger partial charge < -0.3 is 10.3 Å². The van der Waals surface area contributed by atoms with Gasteiger partial charge in [0.05, 0.1) is 11.4 Å². The normalized spacial score (nSPS) is 13.0. The molecular formula is C14H12BrN3O2S2. The third-order valence-corrected chi connectivity index (χ3v) is 5.35.